The molecule has 1 aliphatic heterocycles. The molecule has 9 heteroatoms. The van der Waals surface area contributed by atoms with Crippen LogP contribution in [0.2, 0.25) is 0 Å². The quantitative estimate of drug-likeness (QED) is 0.709. The van der Waals surface area contributed by atoms with Gasteiger partial charge in [0.05, 0.1) is 7.11 Å². The van der Waals surface area contributed by atoms with Crippen LogP contribution >= 0.6 is 12.4 Å². The monoisotopic (exact) mass is 396 g/mol. The van der Waals surface area contributed by atoms with Crippen LogP contribution in [0.3, 0.4) is 0 Å². The molecule has 1 unspecified atom stereocenters. The summed E-state index contributed by atoms with van der Waals surface area (Å²) in [5.74, 6) is 0.732. The van der Waals surface area contributed by atoms with E-state index in [1.807, 2.05) is 0 Å². The van der Waals surface area contributed by atoms with E-state index in [4.69, 9.17) is 9.47 Å². The summed E-state index contributed by atoms with van der Waals surface area (Å²) < 4.78 is 46.5. The van der Waals surface area contributed by atoms with Crippen LogP contribution in [0.5, 0.6) is 11.5 Å². The zero-order chi connectivity index (χ0) is 18.3. The van der Waals surface area contributed by atoms with E-state index in [2.05, 4.69) is 10.6 Å². The minimum atomic E-state index is -4.41. The highest BCUT2D eigenvalue weighted by Crippen LogP contribution is 2.29. The topological polar surface area (TPSA) is 59.6 Å². The van der Waals surface area contributed by atoms with Crippen LogP contribution in [-0.4, -0.2) is 38.9 Å². The number of rotatable bonds is 8. The molecular formula is C17H24ClF3N2O3. The van der Waals surface area contributed by atoms with Gasteiger partial charge in [0, 0.05) is 13.0 Å². The zero-order valence-electron chi connectivity index (χ0n) is 14.5. The molecule has 0 radical (unpaired) electrons. The maximum Gasteiger partial charge on any atom is 0.422 e. The molecule has 0 aromatic heterocycles. The molecule has 2 N–H and O–H groups in total. The molecule has 148 valence electrons. The van der Waals surface area contributed by atoms with Gasteiger partial charge in [-0.05, 0) is 49.5 Å². The van der Waals surface area contributed by atoms with E-state index >= 15 is 0 Å². The van der Waals surface area contributed by atoms with E-state index < -0.39 is 12.8 Å². The van der Waals surface area contributed by atoms with Crippen LogP contribution in [0, 0.1) is 5.92 Å². The lowest BCUT2D eigenvalue weighted by molar-refractivity contribution is -0.153. The summed E-state index contributed by atoms with van der Waals surface area (Å²) in [7, 11) is 1.35. The number of methoxy groups -OCH3 is 1. The van der Waals surface area contributed by atoms with E-state index in [1.165, 1.54) is 13.2 Å². The average molecular weight is 397 g/mol. The van der Waals surface area contributed by atoms with Gasteiger partial charge in [-0.3, -0.25) is 4.79 Å². The fraction of sp³-hybridized carbons (Fsp3) is 0.588. The number of halogens is 4. The van der Waals surface area contributed by atoms with E-state index in [1.54, 1.807) is 12.1 Å². The Morgan fingerprint density at radius 2 is 2.12 bits per heavy atom. The minimum Gasteiger partial charge on any atom is -0.493 e. The van der Waals surface area contributed by atoms with Gasteiger partial charge in [-0.2, -0.15) is 13.2 Å². The summed E-state index contributed by atoms with van der Waals surface area (Å²) in [4.78, 5) is 11.9. The first-order valence-corrected chi connectivity index (χ1v) is 8.21. The molecule has 1 amide bonds. The predicted molar refractivity (Wildman–Crippen MR) is 93.8 cm³/mol. The van der Waals surface area contributed by atoms with Crippen molar-refractivity contribution in [1.29, 1.82) is 0 Å². The number of hydrogen-bond donors (Lipinski definition) is 2. The lowest BCUT2D eigenvalue weighted by Gasteiger charge is -2.14. The standard InChI is InChI=1S/C17H23F3N2O3.ClH/c1-24-15-8-13(2-4-14(15)25-11-17(18,19)20)10-22-16(23)5-3-12-6-7-21-9-12;/h2,4,8,12,21H,3,5-7,9-11H2,1H3,(H,22,23);1H. The first kappa shape index (κ1) is 22.4. The van der Waals surface area contributed by atoms with Gasteiger partial charge in [0.25, 0.3) is 0 Å². The number of hydrogen-bond acceptors (Lipinski definition) is 4. The molecule has 2 rings (SSSR count). The lowest BCUT2D eigenvalue weighted by Crippen LogP contribution is -2.23. The fourth-order valence-electron chi connectivity index (χ4n) is 2.69. The normalized spacial score (nSPS) is 16.7. The number of carbonyl (C=O) groups excluding carboxylic acids is 1. The SMILES string of the molecule is COc1cc(CNC(=O)CCC2CCNC2)ccc1OCC(F)(F)F.Cl. The van der Waals surface area contributed by atoms with Crippen molar-refractivity contribution in [2.45, 2.75) is 32.0 Å². The Morgan fingerprint density at radius 1 is 1.35 bits per heavy atom. The van der Waals surface area contributed by atoms with Gasteiger partial charge < -0.3 is 20.1 Å². The molecule has 0 aliphatic carbocycles. The number of ether oxygens (including phenoxy) is 2. The Balaban J connectivity index is 0.00000338. The summed E-state index contributed by atoms with van der Waals surface area (Å²) in [5, 5.41) is 6.08. The Bertz CT molecular complexity index is 579. The van der Waals surface area contributed by atoms with Crippen molar-refractivity contribution in [2.75, 3.05) is 26.8 Å². The molecule has 1 fully saturated rings. The largest absolute Gasteiger partial charge is 0.493 e. The summed E-state index contributed by atoms with van der Waals surface area (Å²) >= 11 is 0. The molecule has 1 aromatic rings. The van der Waals surface area contributed by atoms with Crippen molar-refractivity contribution in [2.24, 2.45) is 5.92 Å². The van der Waals surface area contributed by atoms with E-state index in [0.717, 1.165) is 31.5 Å². The summed E-state index contributed by atoms with van der Waals surface area (Å²) in [6.45, 7) is 0.881. The van der Waals surface area contributed by atoms with Crippen molar-refractivity contribution in [3.05, 3.63) is 23.8 Å². The highest BCUT2D eigenvalue weighted by molar-refractivity contribution is 5.85. The van der Waals surface area contributed by atoms with Gasteiger partial charge in [-0.1, -0.05) is 6.07 Å². The second kappa shape index (κ2) is 10.5. The molecule has 5 nitrogen and oxygen atoms in total. The third-order valence-electron chi connectivity index (χ3n) is 4.05. The van der Waals surface area contributed by atoms with Crippen LogP contribution in [0.15, 0.2) is 18.2 Å². The third kappa shape index (κ3) is 7.70. The molecule has 1 atom stereocenters. The fourth-order valence-corrected chi connectivity index (χ4v) is 2.69. The molecule has 1 saturated heterocycles. The van der Waals surface area contributed by atoms with Crippen molar-refractivity contribution in [3.8, 4) is 11.5 Å². The van der Waals surface area contributed by atoms with Crippen molar-refractivity contribution in [3.63, 3.8) is 0 Å². The Morgan fingerprint density at radius 3 is 2.73 bits per heavy atom. The first-order chi connectivity index (χ1) is 11.9. The van der Waals surface area contributed by atoms with Gasteiger partial charge in [0.1, 0.15) is 0 Å². The number of alkyl halides is 3. The van der Waals surface area contributed by atoms with Crippen LogP contribution < -0.4 is 20.1 Å². The van der Waals surface area contributed by atoms with Gasteiger partial charge in [0.2, 0.25) is 5.91 Å². The molecule has 26 heavy (non-hydrogen) atoms. The third-order valence-corrected chi connectivity index (χ3v) is 4.05. The lowest BCUT2D eigenvalue weighted by atomic mass is 10.0. The summed E-state index contributed by atoms with van der Waals surface area (Å²) in [6.07, 6.45) is -1.99. The van der Waals surface area contributed by atoms with Gasteiger partial charge in [-0.15, -0.1) is 12.4 Å². The van der Waals surface area contributed by atoms with E-state index in [0.29, 0.717) is 12.3 Å². The molecule has 0 bridgehead atoms. The second-order valence-corrected chi connectivity index (χ2v) is 6.06. The number of benzene rings is 1. The highest BCUT2D eigenvalue weighted by atomic mass is 35.5. The smallest absolute Gasteiger partial charge is 0.422 e. The van der Waals surface area contributed by atoms with Crippen molar-refractivity contribution in [1.82, 2.24) is 10.6 Å². The number of nitrogens with one attached hydrogen (secondary N) is 2. The Kier molecular flexibility index (Phi) is 9.01. The maximum atomic E-state index is 12.2. The van der Waals surface area contributed by atoms with E-state index in [-0.39, 0.29) is 36.4 Å². The van der Waals surface area contributed by atoms with Crippen LogP contribution in [-0.2, 0) is 11.3 Å². The van der Waals surface area contributed by atoms with Crippen molar-refractivity contribution >= 4 is 18.3 Å². The molecule has 0 saturated carbocycles. The average Bonchev–Trinajstić information content (AvgIpc) is 3.09. The van der Waals surface area contributed by atoms with Crippen LogP contribution in [0.4, 0.5) is 13.2 Å². The Labute approximate surface area is 157 Å². The van der Waals surface area contributed by atoms with Gasteiger partial charge >= 0.3 is 6.18 Å². The minimum absolute atomic E-state index is 0. The molecule has 1 heterocycles. The molecule has 1 aliphatic rings. The second-order valence-electron chi connectivity index (χ2n) is 6.06. The molecule has 1 aromatic carbocycles. The van der Waals surface area contributed by atoms with Crippen LogP contribution in [0.25, 0.3) is 0 Å². The zero-order valence-corrected chi connectivity index (χ0v) is 15.3. The van der Waals surface area contributed by atoms with Crippen molar-refractivity contribution < 1.29 is 27.4 Å². The molecular weight excluding hydrogens is 373 g/mol. The summed E-state index contributed by atoms with van der Waals surface area (Å²) in [5.41, 5.74) is 0.729. The number of carbonyl (C=O) groups is 1. The first-order valence-electron chi connectivity index (χ1n) is 8.21. The van der Waals surface area contributed by atoms with Gasteiger partial charge in [-0.25, -0.2) is 0 Å². The molecule has 0 spiro atoms. The highest BCUT2D eigenvalue weighted by Gasteiger charge is 2.29. The maximum absolute atomic E-state index is 12.2. The summed E-state index contributed by atoms with van der Waals surface area (Å²) in [6, 6.07) is 4.58. The predicted octanol–water partition coefficient (Wildman–Crippen LogP) is 3.06. The van der Waals surface area contributed by atoms with E-state index in [9.17, 15) is 18.0 Å². The van der Waals surface area contributed by atoms with Crippen LogP contribution in [0.1, 0.15) is 24.8 Å². The van der Waals surface area contributed by atoms with Gasteiger partial charge in [0.15, 0.2) is 18.1 Å². The number of amides is 1. The Hall–Kier alpha value is -1.67.